The Labute approximate surface area is 101 Å². The molecule has 1 heterocycles. The average Bonchev–Trinajstić information content (AvgIpc) is 3.06. The zero-order chi connectivity index (χ0) is 12.0. The first-order valence-electron chi connectivity index (χ1n) is 6.24. The van der Waals surface area contributed by atoms with E-state index in [0.29, 0.717) is 5.56 Å². The van der Waals surface area contributed by atoms with Gasteiger partial charge < -0.3 is 10.0 Å². The van der Waals surface area contributed by atoms with Crippen LogP contribution >= 0.6 is 0 Å². The van der Waals surface area contributed by atoms with Crippen LogP contribution in [-0.4, -0.2) is 24.2 Å². The second kappa shape index (κ2) is 3.76. The molecule has 1 aromatic rings. The summed E-state index contributed by atoms with van der Waals surface area (Å²) < 4.78 is 0. The molecule has 90 valence electrons. The van der Waals surface area contributed by atoms with Gasteiger partial charge >= 0.3 is 5.97 Å². The van der Waals surface area contributed by atoms with Gasteiger partial charge in [0.05, 0.1) is 11.3 Å². The molecule has 1 aliphatic heterocycles. The monoisotopic (exact) mass is 231 g/mol. The van der Waals surface area contributed by atoms with Crippen LogP contribution in [0, 0.1) is 18.8 Å². The van der Waals surface area contributed by atoms with Gasteiger partial charge in [-0.2, -0.15) is 0 Å². The lowest BCUT2D eigenvalue weighted by atomic mass is 10.1. The summed E-state index contributed by atoms with van der Waals surface area (Å²) in [5.41, 5.74) is 2.47. The lowest BCUT2D eigenvalue weighted by Gasteiger charge is -2.30. The molecular weight excluding hydrogens is 214 g/mol. The summed E-state index contributed by atoms with van der Waals surface area (Å²) in [5.74, 6) is 0.910. The van der Waals surface area contributed by atoms with Crippen molar-refractivity contribution in [2.75, 3.05) is 18.0 Å². The van der Waals surface area contributed by atoms with Crippen molar-refractivity contribution in [2.45, 2.75) is 19.8 Å². The summed E-state index contributed by atoms with van der Waals surface area (Å²) in [6.45, 7) is 4.05. The third-order valence-electron chi connectivity index (χ3n) is 4.02. The Balaban J connectivity index is 1.94. The number of fused-ring (bicyclic) bond motifs is 1. The molecule has 0 bridgehead atoms. The minimum Gasteiger partial charge on any atom is -0.478 e. The van der Waals surface area contributed by atoms with Gasteiger partial charge in [0, 0.05) is 13.1 Å². The molecule has 3 heteroatoms. The van der Waals surface area contributed by atoms with Crippen LogP contribution in [0.3, 0.4) is 0 Å². The molecule has 1 aliphatic carbocycles. The molecule has 1 N–H and O–H groups in total. The van der Waals surface area contributed by atoms with Crippen LogP contribution in [0.15, 0.2) is 18.2 Å². The van der Waals surface area contributed by atoms with Crippen LogP contribution in [0.5, 0.6) is 0 Å². The maximum Gasteiger partial charge on any atom is 0.337 e. The lowest BCUT2D eigenvalue weighted by Crippen LogP contribution is -2.32. The van der Waals surface area contributed by atoms with Crippen LogP contribution in [0.1, 0.15) is 28.8 Å². The van der Waals surface area contributed by atoms with E-state index in [-0.39, 0.29) is 0 Å². The number of hydrogen-bond donors (Lipinski definition) is 1. The smallest absolute Gasteiger partial charge is 0.337 e. The second-order valence-electron chi connectivity index (χ2n) is 5.32. The number of hydrogen-bond acceptors (Lipinski definition) is 2. The molecule has 2 aliphatic rings. The predicted octanol–water partition coefficient (Wildman–Crippen LogP) is 2.54. The highest BCUT2D eigenvalue weighted by Gasteiger charge is 2.41. The predicted molar refractivity (Wildman–Crippen MR) is 66.6 cm³/mol. The second-order valence-corrected chi connectivity index (χ2v) is 5.32. The van der Waals surface area contributed by atoms with E-state index in [0.717, 1.165) is 36.2 Å². The van der Waals surface area contributed by atoms with E-state index >= 15 is 0 Å². The van der Waals surface area contributed by atoms with Crippen LogP contribution in [0.2, 0.25) is 0 Å². The largest absolute Gasteiger partial charge is 0.478 e. The molecule has 2 unspecified atom stereocenters. The van der Waals surface area contributed by atoms with Crippen LogP contribution in [-0.2, 0) is 0 Å². The number of aryl methyl sites for hydroxylation is 1. The van der Waals surface area contributed by atoms with Gasteiger partial charge in [-0.1, -0.05) is 6.07 Å². The Morgan fingerprint density at radius 3 is 2.94 bits per heavy atom. The molecule has 0 amide bonds. The van der Waals surface area contributed by atoms with Crippen molar-refractivity contribution in [3.63, 3.8) is 0 Å². The van der Waals surface area contributed by atoms with Gasteiger partial charge in [0.1, 0.15) is 0 Å². The van der Waals surface area contributed by atoms with E-state index in [4.69, 9.17) is 0 Å². The van der Waals surface area contributed by atoms with E-state index in [1.807, 2.05) is 19.1 Å². The number of aromatic carboxylic acids is 1. The number of anilines is 1. The number of benzene rings is 1. The highest BCUT2D eigenvalue weighted by Crippen LogP contribution is 2.46. The third kappa shape index (κ3) is 1.90. The zero-order valence-electron chi connectivity index (χ0n) is 10.0. The molecule has 3 nitrogen and oxygen atoms in total. The highest BCUT2D eigenvalue weighted by molar-refractivity contribution is 5.94. The molecule has 2 atom stereocenters. The quantitative estimate of drug-likeness (QED) is 0.850. The molecule has 3 rings (SSSR count). The van der Waals surface area contributed by atoms with Gasteiger partial charge in [0.15, 0.2) is 0 Å². The van der Waals surface area contributed by atoms with E-state index in [1.165, 1.54) is 12.8 Å². The molecule has 0 aromatic heterocycles. The Morgan fingerprint density at radius 2 is 2.24 bits per heavy atom. The van der Waals surface area contributed by atoms with E-state index in [2.05, 4.69) is 4.90 Å². The number of carboxylic acids is 1. The maximum atomic E-state index is 11.2. The van der Waals surface area contributed by atoms with Crippen molar-refractivity contribution < 1.29 is 9.90 Å². The van der Waals surface area contributed by atoms with Crippen molar-refractivity contribution in [1.29, 1.82) is 0 Å². The number of nitrogens with zero attached hydrogens (tertiary/aromatic N) is 1. The first-order chi connectivity index (χ1) is 8.15. The summed E-state index contributed by atoms with van der Waals surface area (Å²) in [6, 6.07) is 5.61. The topological polar surface area (TPSA) is 40.5 Å². The molecule has 1 aromatic carbocycles. The van der Waals surface area contributed by atoms with Crippen LogP contribution < -0.4 is 4.90 Å². The number of carboxylic acid groups (broad SMARTS) is 1. The third-order valence-corrected chi connectivity index (χ3v) is 4.02. The van der Waals surface area contributed by atoms with Crippen molar-refractivity contribution in [2.24, 2.45) is 11.8 Å². The van der Waals surface area contributed by atoms with Gasteiger partial charge in [-0.25, -0.2) is 4.79 Å². The molecule has 17 heavy (non-hydrogen) atoms. The average molecular weight is 231 g/mol. The normalized spacial score (nSPS) is 26.5. The Morgan fingerprint density at radius 1 is 1.41 bits per heavy atom. The van der Waals surface area contributed by atoms with Gasteiger partial charge in [-0.3, -0.25) is 0 Å². The first kappa shape index (κ1) is 10.6. The SMILES string of the molecule is Cc1ccc(C(=O)O)c(N2CCC3CC3C2)c1. The number of rotatable bonds is 2. The van der Waals surface area contributed by atoms with Crippen LogP contribution in [0.25, 0.3) is 0 Å². The fourth-order valence-corrected chi connectivity index (χ4v) is 2.89. The number of carbonyl (C=O) groups is 1. The van der Waals surface area contributed by atoms with Crippen molar-refractivity contribution in [3.8, 4) is 0 Å². The first-order valence-corrected chi connectivity index (χ1v) is 6.24. The number of piperidine rings is 1. The van der Waals surface area contributed by atoms with Crippen LogP contribution in [0.4, 0.5) is 5.69 Å². The van der Waals surface area contributed by atoms with Gasteiger partial charge in [-0.05, 0) is 49.3 Å². The molecule has 0 spiro atoms. The summed E-state index contributed by atoms with van der Waals surface area (Å²) >= 11 is 0. The fraction of sp³-hybridized carbons (Fsp3) is 0.500. The fourth-order valence-electron chi connectivity index (χ4n) is 2.89. The van der Waals surface area contributed by atoms with Crippen molar-refractivity contribution >= 4 is 11.7 Å². The Kier molecular flexibility index (Phi) is 2.35. The Hall–Kier alpha value is -1.51. The minimum absolute atomic E-state index is 0.440. The van der Waals surface area contributed by atoms with Crippen molar-refractivity contribution in [3.05, 3.63) is 29.3 Å². The molecule has 2 fully saturated rings. The van der Waals surface area contributed by atoms with Gasteiger partial charge in [0.25, 0.3) is 0 Å². The van der Waals surface area contributed by atoms with Gasteiger partial charge in [-0.15, -0.1) is 0 Å². The maximum absolute atomic E-state index is 11.2. The molecule has 1 saturated heterocycles. The van der Waals surface area contributed by atoms with E-state index in [9.17, 15) is 9.90 Å². The van der Waals surface area contributed by atoms with E-state index < -0.39 is 5.97 Å². The summed E-state index contributed by atoms with van der Waals surface area (Å²) in [4.78, 5) is 13.5. The molecular formula is C14H17NO2. The summed E-state index contributed by atoms with van der Waals surface area (Å²) in [5, 5.41) is 9.24. The highest BCUT2D eigenvalue weighted by atomic mass is 16.4. The molecule has 0 radical (unpaired) electrons. The summed E-state index contributed by atoms with van der Waals surface area (Å²) in [6.07, 6.45) is 2.56. The lowest BCUT2D eigenvalue weighted by molar-refractivity contribution is 0.0697. The zero-order valence-corrected chi connectivity index (χ0v) is 10.0. The minimum atomic E-state index is -0.821. The molecule has 1 saturated carbocycles. The van der Waals surface area contributed by atoms with Gasteiger partial charge in [0.2, 0.25) is 0 Å². The standard InChI is InChI=1S/C14H17NO2/c1-9-2-3-12(14(16)17)13(6-9)15-5-4-10-7-11(10)8-15/h2-3,6,10-11H,4-5,7-8H2,1H3,(H,16,17). The summed E-state index contributed by atoms with van der Waals surface area (Å²) in [7, 11) is 0. The van der Waals surface area contributed by atoms with E-state index in [1.54, 1.807) is 6.07 Å². The Bertz CT molecular complexity index is 469. The van der Waals surface area contributed by atoms with Crippen molar-refractivity contribution in [1.82, 2.24) is 0 Å².